The van der Waals surface area contributed by atoms with Gasteiger partial charge >= 0.3 is 0 Å². The van der Waals surface area contributed by atoms with Crippen molar-refractivity contribution >= 4 is 5.82 Å². The Morgan fingerprint density at radius 3 is 2.61 bits per heavy atom. The van der Waals surface area contributed by atoms with Crippen molar-refractivity contribution in [1.29, 1.82) is 0 Å². The number of aromatic nitrogens is 2. The zero-order valence-electron chi connectivity index (χ0n) is 11.4. The number of aryl methyl sites for hydroxylation is 1. The predicted molar refractivity (Wildman–Crippen MR) is 71.7 cm³/mol. The number of rotatable bonds is 3. The maximum absolute atomic E-state index is 5.74. The predicted octanol–water partition coefficient (Wildman–Crippen LogP) is 0.900. The van der Waals surface area contributed by atoms with Crippen LogP contribution < -0.4 is 10.6 Å². The van der Waals surface area contributed by atoms with Crippen LogP contribution in [0.2, 0.25) is 0 Å². The van der Waals surface area contributed by atoms with Gasteiger partial charge in [-0.2, -0.15) is 0 Å². The van der Waals surface area contributed by atoms with Crippen molar-refractivity contribution in [3.05, 3.63) is 17.6 Å². The first kappa shape index (κ1) is 13.2. The van der Waals surface area contributed by atoms with Crippen LogP contribution in [0.4, 0.5) is 5.82 Å². The lowest BCUT2D eigenvalue weighted by Crippen LogP contribution is -2.46. The maximum atomic E-state index is 5.74. The SMILES string of the molecule is Cc1nc(CCN)cc(N2C[C@@H](C)O[C@@H](C)C2)n1. The largest absolute Gasteiger partial charge is 0.372 e. The molecule has 100 valence electrons. The molecule has 2 N–H and O–H groups in total. The molecule has 5 heteroatoms. The van der Waals surface area contributed by atoms with Gasteiger partial charge in [-0.25, -0.2) is 9.97 Å². The summed E-state index contributed by atoms with van der Waals surface area (Å²) in [5.41, 5.74) is 6.61. The quantitative estimate of drug-likeness (QED) is 0.863. The van der Waals surface area contributed by atoms with E-state index in [-0.39, 0.29) is 12.2 Å². The van der Waals surface area contributed by atoms with E-state index in [0.717, 1.165) is 36.8 Å². The number of anilines is 1. The van der Waals surface area contributed by atoms with E-state index in [1.807, 2.05) is 13.0 Å². The van der Waals surface area contributed by atoms with Gasteiger partial charge in [0.2, 0.25) is 0 Å². The van der Waals surface area contributed by atoms with Gasteiger partial charge in [-0.05, 0) is 27.3 Å². The molecule has 2 atom stereocenters. The molecular formula is C13H22N4O. The molecular weight excluding hydrogens is 228 g/mol. The summed E-state index contributed by atoms with van der Waals surface area (Å²) in [5.74, 6) is 1.80. The smallest absolute Gasteiger partial charge is 0.132 e. The second kappa shape index (κ2) is 5.63. The van der Waals surface area contributed by atoms with Crippen molar-refractivity contribution in [2.45, 2.75) is 39.4 Å². The average Bonchev–Trinajstić information content (AvgIpc) is 2.27. The summed E-state index contributed by atoms with van der Waals surface area (Å²) >= 11 is 0. The van der Waals surface area contributed by atoms with E-state index in [4.69, 9.17) is 10.5 Å². The molecule has 0 unspecified atom stereocenters. The first-order chi connectivity index (χ1) is 8.58. The van der Waals surface area contributed by atoms with E-state index >= 15 is 0 Å². The molecule has 1 aliphatic rings. The molecule has 5 nitrogen and oxygen atoms in total. The number of hydrogen-bond donors (Lipinski definition) is 1. The van der Waals surface area contributed by atoms with Crippen LogP contribution in [0.1, 0.15) is 25.4 Å². The molecule has 0 amide bonds. The third kappa shape index (κ3) is 3.17. The van der Waals surface area contributed by atoms with Crippen LogP contribution >= 0.6 is 0 Å². The highest BCUT2D eigenvalue weighted by Gasteiger charge is 2.23. The Labute approximate surface area is 108 Å². The number of ether oxygens (including phenoxy) is 1. The monoisotopic (exact) mass is 250 g/mol. The summed E-state index contributed by atoms with van der Waals surface area (Å²) in [4.78, 5) is 11.2. The molecule has 2 rings (SSSR count). The standard InChI is InChI=1S/C13H22N4O/c1-9-7-17(8-10(2)18-9)13-6-12(4-5-14)15-11(3)16-13/h6,9-10H,4-5,7-8,14H2,1-3H3/t9-,10+. The fourth-order valence-corrected chi connectivity index (χ4v) is 2.42. The summed E-state index contributed by atoms with van der Waals surface area (Å²) < 4.78 is 5.74. The van der Waals surface area contributed by atoms with Gasteiger partial charge in [0, 0.05) is 31.3 Å². The first-order valence-electron chi connectivity index (χ1n) is 6.53. The molecule has 1 fully saturated rings. The van der Waals surface area contributed by atoms with Crippen LogP contribution in [-0.4, -0.2) is 41.8 Å². The topological polar surface area (TPSA) is 64.3 Å². The van der Waals surface area contributed by atoms with E-state index in [1.165, 1.54) is 0 Å². The Hall–Kier alpha value is -1.20. The van der Waals surface area contributed by atoms with Crippen LogP contribution in [0.15, 0.2) is 6.07 Å². The van der Waals surface area contributed by atoms with Gasteiger partial charge in [0.1, 0.15) is 11.6 Å². The second-order valence-corrected chi connectivity index (χ2v) is 4.97. The Morgan fingerprint density at radius 2 is 2.00 bits per heavy atom. The van der Waals surface area contributed by atoms with Gasteiger partial charge in [0.15, 0.2) is 0 Å². The molecule has 1 aromatic heterocycles. The van der Waals surface area contributed by atoms with Crippen molar-refractivity contribution in [3.63, 3.8) is 0 Å². The third-order valence-electron chi connectivity index (χ3n) is 3.02. The molecule has 0 aromatic carbocycles. The third-order valence-corrected chi connectivity index (χ3v) is 3.02. The summed E-state index contributed by atoms with van der Waals surface area (Å²) in [6.45, 7) is 8.49. The van der Waals surface area contributed by atoms with Gasteiger partial charge in [0.25, 0.3) is 0 Å². The number of nitrogens with two attached hydrogens (primary N) is 1. The normalized spacial score (nSPS) is 24.3. The van der Waals surface area contributed by atoms with Gasteiger partial charge in [-0.1, -0.05) is 0 Å². The molecule has 0 radical (unpaired) electrons. The molecule has 1 aromatic rings. The minimum absolute atomic E-state index is 0.238. The van der Waals surface area contributed by atoms with E-state index in [1.54, 1.807) is 0 Å². The summed E-state index contributed by atoms with van der Waals surface area (Å²) in [6.07, 6.45) is 1.27. The Bertz CT molecular complexity index is 400. The van der Waals surface area contributed by atoms with Crippen LogP contribution in [0.5, 0.6) is 0 Å². The number of morpholine rings is 1. The van der Waals surface area contributed by atoms with Crippen molar-refractivity contribution in [3.8, 4) is 0 Å². The lowest BCUT2D eigenvalue weighted by atomic mass is 10.2. The number of hydrogen-bond acceptors (Lipinski definition) is 5. The zero-order chi connectivity index (χ0) is 13.1. The van der Waals surface area contributed by atoms with E-state index < -0.39 is 0 Å². The minimum atomic E-state index is 0.238. The molecule has 2 heterocycles. The van der Waals surface area contributed by atoms with Gasteiger partial charge in [-0.3, -0.25) is 0 Å². The van der Waals surface area contributed by atoms with E-state index in [0.29, 0.717) is 6.54 Å². The van der Waals surface area contributed by atoms with Crippen molar-refractivity contribution < 1.29 is 4.74 Å². The van der Waals surface area contributed by atoms with Crippen molar-refractivity contribution in [2.24, 2.45) is 5.73 Å². The molecule has 0 aliphatic carbocycles. The highest BCUT2D eigenvalue weighted by atomic mass is 16.5. The minimum Gasteiger partial charge on any atom is -0.372 e. The fourth-order valence-electron chi connectivity index (χ4n) is 2.42. The van der Waals surface area contributed by atoms with Crippen LogP contribution in [0.25, 0.3) is 0 Å². The Balaban J connectivity index is 2.21. The molecule has 1 saturated heterocycles. The Kier molecular flexibility index (Phi) is 4.14. The lowest BCUT2D eigenvalue weighted by molar-refractivity contribution is -0.00548. The summed E-state index contributed by atoms with van der Waals surface area (Å²) in [7, 11) is 0. The lowest BCUT2D eigenvalue weighted by Gasteiger charge is -2.36. The summed E-state index contributed by atoms with van der Waals surface area (Å²) in [5, 5.41) is 0. The van der Waals surface area contributed by atoms with Gasteiger partial charge in [0.05, 0.1) is 12.2 Å². The molecule has 0 spiro atoms. The van der Waals surface area contributed by atoms with Crippen LogP contribution in [-0.2, 0) is 11.2 Å². The van der Waals surface area contributed by atoms with Gasteiger partial charge < -0.3 is 15.4 Å². The van der Waals surface area contributed by atoms with Crippen LogP contribution in [0, 0.1) is 6.92 Å². The summed E-state index contributed by atoms with van der Waals surface area (Å²) in [6, 6.07) is 2.05. The van der Waals surface area contributed by atoms with E-state index in [9.17, 15) is 0 Å². The molecule has 18 heavy (non-hydrogen) atoms. The van der Waals surface area contributed by atoms with Crippen molar-refractivity contribution in [1.82, 2.24) is 9.97 Å². The molecule has 0 saturated carbocycles. The second-order valence-electron chi connectivity index (χ2n) is 4.97. The molecule has 0 bridgehead atoms. The average molecular weight is 250 g/mol. The molecule has 1 aliphatic heterocycles. The fraction of sp³-hybridized carbons (Fsp3) is 0.692. The van der Waals surface area contributed by atoms with Crippen molar-refractivity contribution in [2.75, 3.05) is 24.5 Å². The maximum Gasteiger partial charge on any atom is 0.132 e. The van der Waals surface area contributed by atoms with Gasteiger partial charge in [-0.15, -0.1) is 0 Å². The first-order valence-corrected chi connectivity index (χ1v) is 6.53. The highest BCUT2D eigenvalue weighted by Crippen LogP contribution is 2.19. The number of nitrogens with zero attached hydrogens (tertiary/aromatic N) is 3. The Morgan fingerprint density at radius 1 is 1.33 bits per heavy atom. The zero-order valence-corrected chi connectivity index (χ0v) is 11.4. The highest BCUT2D eigenvalue weighted by molar-refractivity contribution is 5.40. The van der Waals surface area contributed by atoms with E-state index in [2.05, 4.69) is 28.7 Å². The van der Waals surface area contributed by atoms with Crippen LogP contribution in [0.3, 0.4) is 0 Å².